The highest BCUT2D eigenvalue weighted by molar-refractivity contribution is 7.99. The van der Waals surface area contributed by atoms with Gasteiger partial charge in [-0.25, -0.2) is 9.37 Å². The molecule has 0 fully saturated rings. The van der Waals surface area contributed by atoms with Gasteiger partial charge in [0.2, 0.25) is 0 Å². The summed E-state index contributed by atoms with van der Waals surface area (Å²) in [6.45, 7) is 0. The molecule has 0 aliphatic heterocycles. The molecule has 0 saturated carbocycles. The summed E-state index contributed by atoms with van der Waals surface area (Å²) in [4.78, 5) is 4.76. The van der Waals surface area contributed by atoms with Crippen molar-refractivity contribution in [3.8, 4) is 6.07 Å². The van der Waals surface area contributed by atoms with Gasteiger partial charge in [-0.15, -0.1) is 0 Å². The van der Waals surface area contributed by atoms with E-state index in [0.29, 0.717) is 20.5 Å². The summed E-state index contributed by atoms with van der Waals surface area (Å²) in [5.74, 6) is -0.317. The van der Waals surface area contributed by atoms with E-state index in [-0.39, 0.29) is 5.82 Å². The Morgan fingerprint density at radius 2 is 2.18 bits per heavy atom. The number of nitriles is 1. The van der Waals surface area contributed by atoms with Crippen molar-refractivity contribution < 1.29 is 4.39 Å². The molecular weight excluding hydrogens is 259 g/mol. The number of rotatable bonds is 2. The number of halogens is 2. The van der Waals surface area contributed by atoms with Crippen LogP contribution in [-0.4, -0.2) is 4.98 Å². The summed E-state index contributed by atoms with van der Waals surface area (Å²) in [5, 5.41) is 9.61. The monoisotopic (exact) mass is 264 g/mol. The molecule has 0 unspecified atom stereocenters. The van der Waals surface area contributed by atoms with Crippen molar-refractivity contribution in [1.29, 1.82) is 5.26 Å². The lowest BCUT2D eigenvalue weighted by Crippen LogP contribution is -1.86. The van der Waals surface area contributed by atoms with Crippen molar-refractivity contribution in [2.45, 2.75) is 9.92 Å². The molecule has 0 N–H and O–H groups in total. The first-order valence-corrected chi connectivity index (χ1v) is 5.88. The van der Waals surface area contributed by atoms with Crippen LogP contribution < -0.4 is 0 Å². The zero-order chi connectivity index (χ0) is 12.3. The van der Waals surface area contributed by atoms with Crippen LogP contribution in [0.3, 0.4) is 0 Å². The molecule has 1 heterocycles. The van der Waals surface area contributed by atoms with E-state index >= 15 is 0 Å². The van der Waals surface area contributed by atoms with E-state index in [1.165, 1.54) is 36.2 Å². The molecule has 17 heavy (non-hydrogen) atoms. The van der Waals surface area contributed by atoms with Gasteiger partial charge in [-0.1, -0.05) is 29.4 Å². The van der Waals surface area contributed by atoms with E-state index in [1.54, 1.807) is 12.1 Å². The number of benzene rings is 1. The van der Waals surface area contributed by atoms with Gasteiger partial charge in [0.15, 0.2) is 0 Å². The smallest absolute Gasteiger partial charge is 0.124 e. The predicted molar refractivity (Wildman–Crippen MR) is 64.5 cm³/mol. The normalized spacial score (nSPS) is 9.94. The molecule has 0 amide bonds. The van der Waals surface area contributed by atoms with Crippen LogP contribution in [0.5, 0.6) is 0 Å². The second-order valence-corrected chi connectivity index (χ2v) is 4.59. The van der Waals surface area contributed by atoms with Crippen LogP contribution in [0, 0.1) is 17.1 Å². The van der Waals surface area contributed by atoms with Crippen LogP contribution in [-0.2, 0) is 0 Å². The molecule has 2 rings (SSSR count). The van der Waals surface area contributed by atoms with Gasteiger partial charge in [0.1, 0.15) is 16.9 Å². The first-order valence-electron chi connectivity index (χ1n) is 4.69. The minimum Gasteiger partial charge on any atom is -0.248 e. The quantitative estimate of drug-likeness (QED) is 0.825. The van der Waals surface area contributed by atoms with Crippen molar-refractivity contribution in [2.24, 2.45) is 0 Å². The summed E-state index contributed by atoms with van der Waals surface area (Å²) in [6.07, 6.45) is 1.51. The largest absolute Gasteiger partial charge is 0.248 e. The van der Waals surface area contributed by atoms with E-state index in [0.717, 1.165) is 0 Å². The van der Waals surface area contributed by atoms with E-state index in [9.17, 15) is 4.39 Å². The molecule has 0 saturated heterocycles. The van der Waals surface area contributed by atoms with Gasteiger partial charge >= 0.3 is 0 Å². The molecule has 5 heteroatoms. The van der Waals surface area contributed by atoms with Crippen molar-refractivity contribution in [1.82, 2.24) is 4.98 Å². The first-order chi connectivity index (χ1) is 8.20. The minimum atomic E-state index is -0.317. The van der Waals surface area contributed by atoms with E-state index < -0.39 is 0 Å². The molecular formula is C12H6ClFN2S. The molecule has 0 spiro atoms. The summed E-state index contributed by atoms with van der Waals surface area (Å²) in [6, 6.07) is 9.64. The standard InChI is InChI=1S/C12H6ClFN2S/c13-11-8(7-15)4-5-16-12(11)17-10-3-1-2-9(14)6-10/h1-6H. The highest BCUT2D eigenvalue weighted by Crippen LogP contribution is 2.33. The average molecular weight is 265 g/mol. The average Bonchev–Trinajstić information content (AvgIpc) is 2.32. The lowest BCUT2D eigenvalue weighted by atomic mass is 10.3. The fraction of sp³-hybridized carbons (Fsp3) is 0. The topological polar surface area (TPSA) is 36.7 Å². The lowest BCUT2D eigenvalue weighted by Gasteiger charge is -2.03. The zero-order valence-electron chi connectivity index (χ0n) is 8.52. The summed E-state index contributed by atoms with van der Waals surface area (Å²) < 4.78 is 13.0. The minimum absolute atomic E-state index is 0.296. The Bertz CT molecular complexity index is 595. The summed E-state index contributed by atoms with van der Waals surface area (Å²) >= 11 is 7.22. The Labute approximate surface area is 107 Å². The van der Waals surface area contributed by atoms with Gasteiger partial charge in [-0.2, -0.15) is 5.26 Å². The summed E-state index contributed by atoms with van der Waals surface area (Å²) in [7, 11) is 0. The van der Waals surface area contributed by atoms with Crippen LogP contribution in [0.1, 0.15) is 5.56 Å². The zero-order valence-corrected chi connectivity index (χ0v) is 10.1. The number of pyridine rings is 1. The van der Waals surface area contributed by atoms with Crippen molar-refractivity contribution >= 4 is 23.4 Å². The number of hydrogen-bond acceptors (Lipinski definition) is 3. The van der Waals surface area contributed by atoms with E-state index in [4.69, 9.17) is 16.9 Å². The van der Waals surface area contributed by atoms with Gasteiger partial charge in [0.25, 0.3) is 0 Å². The predicted octanol–water partition coefficient (Wildman–Crippen LogP) is 3.90. The molecule has 0 aliphatic rings. The Morgan fingerprint density at radius 1 is 1.35 bits per heavy atom. The molecule has 2 nitrogen and oxygen atoms in total. The van der Waals surface area contributed by atoms with E-state index in [1.807, 2.05) is 6.07 Å². The molecule has 84 valence electrons. The second-order valence-electron chi connectivity index (χ2n) is 3.15. The Balaban J connectivity index is 2.34. The van der Waals surface area contributed by atoms with Gasteiger partial charge in [0, 0.05) is 11.1 Å². The van der Waals surface area contributed by atoms with Crippen molar-refractivity contribution in [2.75, 3.05) is 0 Å². The Hall–Kier alpha value is -1.57. The SMILES string of the molecule is N#Cc1ccnc(Sc2cccc(F)c2)c1Cl. The molecule has 1 aromatic carbocycles. The van der Waals surface area contributed by atoms with Gasteiger partial charge in [-0.3, -0.25) is 0 Å². The number of nitrogens with zero attached hydrogens (tertiary/aromatic N) is 2. The lowest BCUT2D eigenvalue weighted by molar-refractivity contribution is 0.624. The van der Waals surface area contributed by atoms with Crippen molar-refractivity contribution in [3.05, 3.63) is 52.9 Å². The highest BCUT2D eigenvalue weighted by atomic mass is 35.5. The maximum atomic E-state index is 13.0. The maximum absolute atomic E-state index is 13.0. The highest BCUT2D eigenvalue weighted by Gasteiger charge is 2.09. The second kappa shape index (κ2) is 5.17. The Morgan fingerprint density at radius 3 is 2.88 bits per heavy atom. The number of aromatic nitrogens is 1. The first kappa shape index (κ1) is 11.9. The van der Waals surface area contributed by atoms with Crippen LogP contribution in [0.25, 0.3) is 0 Å². The van der Waals surface area contributed by atoms with Gasteiger partial charge in [-0.05, 0) is 24.3 Å². The fourth-order valence-electron chi connectivity index (χ4n) is 1.22. The molecule has 0 bridgehead atoms. The third-order valence-corrected chi connectivity index (χ3v) is 3.48. The van der Waals surface area contributed by atoms with Gasteiger partial charge < -0.3 is 0 Å². The summed E-state index contributed by atoms with van der Waals surface area (Å²) in [5.41, 5.74) is 0.362. The third kappa shape index (κ3) is 2.76. The van der Waals surface area contributed by atoms with Crippen LogP contribution in [0.4, 0.5) is 4.39 Å². The maximum Gasteiger partial charge on any atom is 0.124 e. The van der Waals surface area contributed by atoms with Gasteiger partial charge in [0.05, 0.1) is 10.6 Å². The molecule has 0 radical (unpaired) electrons. The molecule has 1 aromatic heterocycles. The fourth-order valence-corrected chi connectivity index (χ4v) is 2.35. The number of hydrogen-bond donors (Lipinski definition) is 0. The van der Waals surface area contributed by atoms with Crippen LogP contribution in [0.15, 0.2) is 46.5 Å². The van der Waals surface area contributed by atoms with Crippen LogP contribution >= 0.6 is 23.4 Å². The Kier molecular flexibility index (Phi) is 3.62. The third-order valence-electron chi connectivity index (χ3n) is 1.99. The molecule has 0 atom stereocenters. The van der Waals surface area contributed by atoms with Crippen molar-refractivity contribution in [3.63, 3.8) is 0 Å². The molecule has 0 aliphatic carbocycles. The van der Waals surface area contributed by atoms with Crippen LogP contribution in [0.2, 0.25) is 5.02 Å². The molecule has 2 aromatic rings. The van der Waals surface area contributed by atoms with E-state index in [2.05, 4.69) is 4.98 Å².